The molecule has 1 aliphatic rings. The van der Waals surface area contributed by atoms with Gasteiger partial charge in [0, 0.05) is 32.1 Å². The minimum absolute atomic E-state index is 0.241. The second-order valence-electron chi connectivity index (χ2n) is 5.67. The standard InChI is InChI=1S/C14H27N5O/c1-5-11(15-6-2)9-13-16-14(17-20-13)12-10-18(3)7-8-19(12)4/h11-12,15H,5-10H2,1-4H3. The van der Waals surface area contributed by atoms with Gasteiger partial charge in [-0.25, -0.2) is 0 Å². The Morgan fingerprint density at radius 1 is 1.35 bits per heavy atom. The van der Waals surface area contributed by atoms with E-state index in [2.05, 4.69) is 53.2 Å². The third-order valence-corrected chi connectivity index (χ3v) is 4.04. The van der Waals surface area contributed by atoms with Crippen molar-refractivity contribution in [2.24, 2.45) is 0 Å². The predicted molar refractivity (Wildman–Crippen MR) is 78.6 cm³/mol. The summed E-state index contributed by atoms with van der Waals surface area (Å²) in [4.78, 5) is 9.22. The lowest BCUT2D eigenvalue weighted by molar-refractivity contribution is 0.108. The molecule has 0 bridgehead atoms. The molecule has 1 N–H and O–H groups in total. The molecule has 1 aromatic heterocycles. The number of nitrogens with zero attached hydrogens (tertiary/aromatic N) is 4. The molecule has 0 aliphatic carbocycles. The summed E-state index contributed by atoms with van der Waals surface area (Å²) in [6, 6.07) is 0.658. The zero-order valence-corrected chi connectivity index (χ0v) is 13.1. The van der Waals surface area contributed by atoms with Crippen LogP contribution in [-0.4, -0.2) is 66.3 Å². The van der Waals surface area contributed by atoms with Crippen molar-refractivity contribution in [3.63, 3.8) is 0 Å². The summed E-state index contributed by atoms with van der Waals surface area (Å²) in [6.07, 6.45) is 1.88. The quantitative estimate of drug-likeness (QED) is 0.837. The summed E-state index contributed by atoms with van der Waals surface area (Å²) in [5.74, 6) is 1.56. The van der Waals surface area contributed by atoms with Crippen LogP contribution in [0.15, 0.2) is 4.52 Å². The zero-order chi connectivity index (χ0) is 14.5. The van der Waals surface area contributed by atoms with Gasteiger partial charge in [0.2, 0.25) is 5.89 Å². The van der Waals surface area contributed by atoms with Gasteiger partial charge >= 0.3 is 0 Å². The van der Waals surface area contributed by atoms with Crippen molar-refractivity contribution in [2.75, 3.05) is 40.3 Å². The van der Waals surface area contributed by atoms with E-state index < -0.39 is 0 Å². The van der Waals surface area contributed by atoms with Crippen molar-refractivity contribution in [3.05, 3.63) is 11.7 Å². The SMILES string of the molecule is CCNC(CC)Cc1nc(C2CN(C)CCN2C)no1. The van der Waals surface area contributed by atoms with Crippen LogP contribution in [0, 0.1) is 0 Å². The van der Waals surface area contributed by atoms with E-state index in [-0.39, 0.29) is 6.04 Å². The first kappa shape index (κ1) is 15.4. The highest BCUT2D eigenvalue weighted by atomic mass is 16.5. The Morgan fingerprint density at radius 2 is 2.15 bits per heavy atom. The van der Waals surface area contributed by atoms with Crippen molar-refractivity contribution in [1.82, 2.24) is 25.3 Å². The highest BCUT2D eigenvalue weighted by molar-refractivity contribution is 4.99. The van der Waals surface area contributed by atoms with Crippen LogP contribution in [0.4, 0.5) is 0 Å². The Labute approximate surface area is 121 Å². The van der Waals surface area contributed by atoms with Crippen molar-refractivity contribution in [1.29, 1.82) is 0 Å². The third kappa shape index (κ3) is 3.77. The van der Waals surface area contributed by atoms with Gasteiger partial charge < -0.3 is 14.7 Å². The topological polar surface area (TPSA) is 57.4 Å². The Morgan fingerprint density at radius 3 is 2.85 bits per heavy atom. The molecule has 2 atom stereocenters. The average Bonchev–Trinajstić information content (AvgIpc) is 2.89. The number of nitrogens with one attached hydrogen (secondary N) is 1. The van der Waals surface area contributed by atoms with Crippen LogP contribution in [-0.2, 0) is 6.42 Å². The van der Waals surface area contributed by atoms with Crippen LogP contribution < -0.4 is 5.32 Å². The number of hydrogen-bond donors (Lipinski definition) is 1. The van der Waals surface area contributed by atoms with Gasteiger partial charge in [-0.15, -0.1) is 0 Å². The van der Waals surface area contributed by atoms with Crippen LogP contribution in [0.5, 0.6) is 0 Å². The summed E-state index contributed by atoms with van der Waals surface area (Å²) in [5.41, 5.74) is 0. The van der Waals surface area contributed by atoms with Crippen LogP contribution in [0.3, 0.4) is 0 Å². The summed E-state index contributed by atoms with van der Waals surface area (Å²) in [5, 5.41) is 7.63. The molecule has 1 saturated heterocycles. The molecule has 6 heteroatoms. The molecule has 0 saturated carbocycles. The number of rotatable bonds is 6. The fourth-order valence-corrected chi connectivity index (χ4v) is 2.64. The monoisotopic (exact) mass is 281 g/mol. The fourth-order valence-electron chi connectivity index (χ4n) is 2.64. The smallest absolute Gasteiger partial charge is 0.228 e. The van der Waals surface area contributed by atoms with E-state index in [1.165, 1.54) is 0 Å². The van der Waals surface area contributed by atoms with Gasteiger partial charge in [0.25, 0.3) is 0 Å². The lowest BCUT2D eigenvalue weighted by Gasteiger charge is -2.35. The van der Waals surface area contributed by atoms with Crippen molar-refractivity contribution < 1.29 is 4.52 Å². The normalized spacial score (nSPS) is 23.1. The minimum atomic E-state index is 0.241. The Bertz CT molecular complexity index is 408. The molecule has 6 nitrogen and oxygen atoms in total. The molecule has 1 aliphatic heterocycles. The van der Waals surface area contributed by atoms with Gasteiger partial charge in [0.05, 0.1) is 6.04 Å². The fraction of sp³-hybridized carbons (Fsp3) is 0.857. The molecule has 0 radical (unpaired) electrons. The molecule has 0 spiro atoms. The molecular formula is C14H27N5O. The second kappa shape index (κ2) is 7.15. The number of piperazine rings is 1. The predicted octanol–water partition coefficient (Wildman–Crippen LogP) is 0.919. The summed E-state index contributed by atoms with van der Waals surface area (Å²) < 4.78 is 5.43. The maximum Gasteiger partial charge on any atom is 0.228 e. The lowest BCUT2D eigenvalue weighted by Crippen LogP contribution is -2.45. The average molecular weight is 281 g/mol. The first-order chi connectivity index (χ1) is 9.63. The van der Waals surface area contributed by atoms with E-state index in [1.54, 1.807) is 0 Å². The van der Waals surface area contributed by atoms with Crippen molar-refractivity contribution >= 4 is 0 Å². The van der Waals surface area contributed by atoms with E-state index in [4.69, 9.17) is 4.52 Å². The van der Waals surface area contributed by atoms with Crippen LogP contribution >= 0.6 is 0 Å². The van der Waals surface area contributed by atoms with Crippen LogP contribution in [0.2, 0.25) is 0 Å². The first-order valence-corrected chi connectivity index (χ1v) is 7.58. The van der Waals surface area contributed by atoms with Gasteiger partial charge in [-0.2, -0.15) is 4.98 Å². The Kier molecular flexibility index (Phi) is 5.51. The molecule has 2 unspecified atom stereocenters. The van der Waals surface area contributed by atoms with E-state index >= 15 is 0 Å². The first-order valence-electron chi connectivity index (χ1n) is 7.58. The Hall–Kier alpha value is -0.980. The maximum absolute atomic E-state index is 5.43. The molecule has 0 aromatic carbocycles. The zero-order valence-electron chi connectivity index (χ0n) is 13.1. The molecule has 2 rings (SSSR count). The van der Waals surface area contributed by atoms with Gasteiger partial charge in [0.1, 0.15) is 0 Å². The molecule has 1 fully saturated rings. The van der Waals surface area contributed by atoms with Gasteiger partial charge in [-0.1, -0.05) is 19.0 Å². The Balaban J connectivity index is 2.00. The van der Waals surface area contributed by atoms with Crippen LogP contribution in [0.25, 0.3) is 0 Å². The molecule has 1 aromatic rings. The maximum atomic E-state index is 5.43. The van der Waals surface area contributed by atoms with E-state index in [1.807, 2.05) is 0 Å². The van der Waals surface area contributed by atoms with Gasteiger partial charge in [-0.05, 0) is 27.1 Å². The van der Waals surface area contributed by atoms with Crippen molar-refractivity contribution in [3.8, 4) is 0 Å². The molecule has 0 amide bonds. The lowest BCUT2D eigenvalue weighted by atomic mass is 10.1. The van der Waals surface area contributed by atoms with Crippen molar-refractivity contribution in [2.45, 2.75) is 38.8 Å². The largest absolute Gasteiger partial charge is 0.339 e. The van der Waals surface area contributed by atoms with E-state index in [0.717, 1.165) is 50.7 Å². The van der Waals surface area contributed by atoms with Gasteiger partial charge in [-0.3, -0.25) is 4.90 Å². The summed E-state index contributed by atoms with van der Waals surface area (Å²) in [7, 11) is 4.26. The minimum Gasteiger partial charge on any atom is -0.339 e. The molecule has 114 valence electrons. The summed E-state index contributed by atoms with van der Waals surface area (Å²) >= 11 is 0. The van der Waals surface area contributed by atoms with E-state index in [9.17, 15) is 0 Å². The molecular weight excluding hydrogens is 254 g/mol. The number of likely N-dealkylation sites (N-methyl/N-ethyl adjacent to an activating group) is 3. The third-order valence-electron chi connectivity index (χ3n) is 4.04. The van der Waals surface area contributed by atoms with Crippen LogP contribution in [0.1, 0.15) is 38.0 Å². The summed E-state index contributed by atoms with van der Waals surface area (Å²) in [6.45, 7) is 8.36. The molecule has 2 heterocycles. The van der Waals surface area contributed by atoms with E-state index in [0.29, 0.717) is 6.04 Å². The highest BCUT2D eigenvalue weighted by Crippen LogP contribution is 2.21. The number of hydrogen-bond acceptors (Lipinski definition) is 6. The van der Waals surface area contributed by atoms with Gasteiger partial charge in [0.15, 0.2) is 5.82 Å². The second-order valence-corrected chi connectivity index (χ2v) is 5.67. The number of aromatic nitrogens is 2. The molecule has 20 heavy (non-hydrogen) atoms. The highest BCUT2D eigenvalue weighted by Gasteiger charge is 2.28.